The molecule has 0 unspecified atom stereocenters. The molecular formula is C26H35ClN6O5. The SMILES string of the molecule is CCl.COc1ccc(C(=O)N2CCN(c3c([N+](=O)[O-])c(=O)n(CCN(C)C)c4ccccc34)CC2)cc1.N. The zero-order valence-corrected chi connectivity index (χ0v) is 23.0. The number of carbonyl (C=O) groups is 1. The third-order valence-corrected chi connectivity index (χ3v) is 6.30. The molecule has 2 aromatic carbocycles. The van der Waals surface area contributed by atoms with Crippen LogP contribution in [0.25, 0.3) is 10.9 Å². The molecule has 38 heavy (non-hydrogen) atoms. The Hall–Kier alpha value is -3.67. The average Bonchev–Trinajstić information content (AvgIpc) is 2.92. The quantitative estimate of drug-likeness (QED) is 0.270. The van der Waals surface area contributed by atoms with Gasteiger partial charge in [0.05, 0.1) is 17.5 Å². The number of halogens is 1. The highest BCUT2D eigenvalue weighted by atomic mass is 35.5. The van der Waals surface area contributed by atoms with E-state index in [1.807, 2.05) is 48.2 Å². The molecule has 0 radical (unpaired) electrons. The number of likely N-dealkylation sites (N-methyl/N-ethyl adjacent to an activating group) is 1. The summed E-state index contributed by atoms with van der Waals surface area (Å²) in [4.78, 5) is 43.3. The van der Waals surface area contributed by atoms with Gasteiger partial charge in [0.15, 0.2) is 0 Å². The van der Waals surface area contributed by atoms with Crippen molar-refractivity contribution in [1.82, 2.24) is 20.5 Å². The normalized spacial score (nSPS) is 13.0. The lowest BCUT2D eigenvalue weighted by atomic mass is 10.1. The second kappa shape index (κ2) is 13.8. The van der Waals surface area contributed by atoms with E-state index in [0.29, 0.717) is 67.2 Å². The summed E-state index contributed by atoms with van der Waals surface area (Å²) in [6, 6.07) is 14.2. The Morgan fingerprint density at radius 1 is 1.05 bits per heavy atom. The van der Waals surface area contributed by atoms with Crippen LogP contribution in [-0.2, 0) is 6.54 Å². The van der Waals surface area contributed by atoms with Crippen molar-refractivity contribution in [3.05, 3.63) is 74.6 Å². The van der Waals surface area contributed by atoms with Gasteiger partial charge in [0.1, 0.15) is 11.4 Å². The summed E-state index contributed by atoms with van der Waals surface area (Å²) in [6.07, 6.45) is 1.47. The molecule has 1 aromatic heterocycles. The third-order valence-electron chi connectivity index (χ3n) is 6.30. The molecule has 1 fully saturated rings. The highest BCUT2D eigenvalue weighted by molar-refractivity contribution is 6.15. The van der Waals surface area contributed by atoms with Crippen molar-refractivity contribution >= 4 is 39.8 Å². The molecule has 11 nitrogen and oxygen atoms in total. The van der Waals surface area contributed by atoms with Crippen molar-refractivity contribution < 1.29 is 14.5 Å². The van der Waals surface area contributed by atoms with E-state index in [0.717, 1.165) is 0 Å². The van der Waals surface area contributed by atoms with E-state index in [1.165, 1.54) is 11.0 Å². The van der Waals surface area contributed by atoms with Crippen LogP contribution in [0.4, 0.5) is 11.4 Å². The van der Waals surface area contributed by atoms with Crippen molar-refractivity contribution in [3.8, 4) is 5.75 Å². The summed E-state index contributed by atoms with van der Waals surface area (Å²) in [5.74, 6) is 0.566. The van der Waals surface area contributed by atoms with Crippen LogP contribution >= 0.6 is 11.6 Å². The topological polar surface area (TPSA) is 136 Å². The molecule has 1 saturated heterocycles. The van der Waals surface area contributed by atoms with E-state index in [1.54, 1.807) is 36.3 Å². The van der Waals surface area contributed by atoms with Crippen molar-refractivity contribution in [3.63, 3.8) is 0 Å². The smallest absolute Gasteiger partial charge is 0.357 e. The van der Waals surface area contributed by atoms with Gasteiger partial charge in [0.25, 0.3) is 5.91 Å². The van der Waals surface area contributed by atoms with Crippen molar-refractivity contribution in [2.45, 2.75) is 6.54 Å². The number of amides is 1. The summed E-state index contributed by atoms with van der Waals surface area (Å²) < 4.78 is 6.64. The van der Waals surface area contributed by atoms with E-state index in [2.05, 4.69) is 11.6 Å². The fourth-order valence-corrected chi connectivity index (χ4v) is 4.43. The maximum Gasteiger partial charge on any atom is 0.357 e. The van der Waals surface area contributed by atoms with Crippen LogP contribution in [-0.4, -0.2) is 85.5 Å². The first-order chi connectivity index (χ1) is 17.8. The molecule has 1 amide bonds. The fraction of sp³-hybridized carbons (Fsp3) is 0.385. The van der Waals surface area contributed by atoms with Gasteiger partial charge < -0.3 is 30.2 Å². The number of para-hydroxylation sites is 1. The van der Waals surface area contributed by atoms with Crippen LogP contribution in [0.3, 0.4) is 0 Å². The minimum atomic E-state index is -0.609. The number of benzene rings is 2. The minimum absolute atomic E-state index is 0. The number of alkyl halides is 1. The number of hydrogen-bond acceptors (Lipinski definition) is 8. The molecule has 2 heterocycles. The number of rotatable bonds is 7. The molecular weight excluding hydrogens is 512 g/mol. The van der Waals surface area contributed by atoms with Gasteiger partial charge in [-0.2, -0.15) is 0 Å². The maximum absolute atomic E-state index is 13.3. The Labute approximate surface area is 226 Å². The number of hydrogen-bond donors (Lipinski definition) is 1. The summed E-state index contributed by atoms with van der Waals surface area (Å²) in [5, 5.41) is 12.8. The van der Waals surface area contributed by atoms with Gasteiger partial charge in [-0.3, -0.25) is 19.7 Å². The van der Waals surface area contributed by atoms with Gasteiger partial charge in [-0.05, 0) is 44.4 Å². The molecule has 3 aromatic rings. The number of carbonyl (C=O) groups excluding carboxylic acids is 1. The maximum atomic E-state index is 13.3. The molecule has 0 saturated carbocycles. The Morgan fingerprint density at radius 3 is 2.21 bits per heavy atom. The molecule has 1 aliphatic rings. The molecule has 0 bridgehead atoms. The number of pyridine rings is 1. The molecule has 206 valence electrons. The average molecular weight is 547 g/mol. The van der Waals surface area contributed by atoms with Gasteiger partial charge in [-0.15, -0.1) is 11.6 Å². The summed E-state index contributed by atoms with van der Waals surface area (Å²) in [6.45, 7) is 2.46. The first-order valence-electron chi connectivity index (χ1n) is 11.8. The lowest BCUT2D eigenvalue weighted by Crippen LogP contribution is -2.49. The lowest BCUT2D eigenvalue weighted by molar-refractivity contribution is -0.385. The Kier molecular flexibility index (Phi) is 11.1. The lowest BCUT2D eigenvalue weighted by Gasteiger charge is -2.36. The third kappa shape index (κ3) is 6.42. The van der Waals surface area contributed by atoms with E-state index < -0.39 is 16.2 Å². The van der Waals surface area contributed by atoms with Crippen molar-refractivity contribution in [1.29, 1.82) is 0 Å². The van der Waals surface area contributed by atoms with E-state index >= 15 is 0 Å². The zero-order chi connectivity index (χ0) is 27.1. The zero-order valence-electron chi connectivity index (χ0n) is 22.2. The number of piperazine rings is 1. The number of methoxy groups -OCH3 is 1. The van der Waals surface area contributed by atoms with Crippen LogP contribution in [0.1, 0.15) is 10.4 Å². The van der Waals surface area contributed by atoms with Crippen molar-refractivity contribution in [2.75, 3.05) is 65.2 Å². The number of nitro groups is 1. The first-order valence-corrected chi connectivity index (χ1v) is 12.6. The van der Waals surface area contributed by atoms with Gasteiger partial charge >= 0.3 is 11.2 Å². The molecule has 4 rings (SSSR count). The molecule has 0 spiro atoms. The number of nitrogens with zero attached hydrogens (tertiary/aromatic N) is 5. The van der Waals surface area contributed by atoms with Crippen LogP contribution < -0.4 is 21.3 Å². The van der Waals surface area contributed by atoms with Gasteiger partial charge in [-0.1, -0.05) is 18.2 Å². The first kappa shape index (κ1) is 30.6. The van der Waals surface area contributed by atoms with E-state index in [9.17, 15) is 19.7 Å². The summed E-state index contributed by atoms with van der Waals surface area (Å²) >= 11 is 4.64. The molecule has 1 aliphatic heterocycles. The predicted molar refractivity (Wildman–Crippen MR) is 151 cm³/mol. The highest BCUT2D eigenvalue weighted by Crippen LogP contribution is 2.34. The van der Waals surface area contributed by atoms with Crippen LogP contribution in [0, 0.1) is 10.1 Å². The number of anilines is 1. The van der Waals surface area contributed by atoms with E-state index in [4.69, 9.17) is 4.74 Å². The monoisotopic (exact) mass is 546 g/mol. The second-order valence-electron chi connectivity index (χ2n) is 8.74. The van der Waals surface area contributed by atoms with Crippen molar-refractivity contribution in [2.24, 2.45) is 0 Å². The standard InChI is InChI=1S/C25H29N5O5.CH3Cl.H3N/c1-26(2)12-17-29-21-7-5-4-6-20(21)22(23(25(29)32)30(33)34)27-13-15-28(16-14-27)24(31)18-8-10-19(35-3)11-9-18;1-2;/h4-11H,12-17H2,1-3H3;1H3;1H3. The summed E-state index contributed by atoms with van der Waals surface area (Å²) in [5.41, 5.74) is 0.517. The molecule has 12 heteroatoms. The number of ether oxygens (including phenoxy) is 1. The number of aromatic nitrogens is 1. The fourth-order valence-electron chi connectivity index (χ4n) is 4.43. The van der Waals surface area contributed by atoms with Gasteiger partial charge in [0.2, 0.25) is 0 Å². The molecule has 3 N–H and O–H groups in total. The van der Waals surface area contributed by atoms with E-state index in [-0.39, 0.29) is 12.1 Å². The van der Waals surface area contributed by atoms with Crippen LogP contribution in [0.2, 0.25) is 0 Å². The van der Waals surface area contributed by atoms with Gasteiger partial charge in [-0.25, -0.2) is 0 Å². The minimum Gasteiger partial charge on any atom is -0.497 e. The van der Waals surface area contributed by atoms with Gasteiger partial charge in [0, 0.05) is 56.6 Å². The van der Waals surface area contributed by atoms with Crippen LogP contribution in [0.5, 0.6) is 5.75 Å². The second-order valence-corrected chi connectivity index (χ2v) is 8.74. The molecule has 0 aliphatic carbocycles. The Balaban J connectivity index is 0.00000165. The molecule has 0 atom stereocenters. The summed E-state index contributed by atoms with van der Waals surface area (Å²) in [7, 11) is 5.35. The Bertz CT molecular complexity index is 1300. The Morgan fingerprint density at radius 2 is 1.66 bits per heavy atom. The largest absolute Gasteiger partial charge is 0.497 e. The number of fused-ring (bicyclic) bond motifs is 1. The predicted octanol–water partition coefficient (Wildman–Crippen LogP) is 3.46. The highest BCUT2D eigenvalue weighted by Gasteiger charge is 2.32. The van der Waals surface area contributed by atoms with Crippen LogP contribution in [0.15, 0.2) is 53.3 Å².